The number of hydrogen-bond donors (Lipinski definition) is 2. The van der Waals surface area contributed by atoms with Crippen LogP contribution >= 0.6 is 0 Å². The van der Waals surface area contributed by atoms with Crippen LogP contribution in [0.5, 0.6) is 0 Å². The number of hydrogen-bond acceptors (Lipinski definition) is 3. The molecular formula is C21H19N3O. The van der Waals surface area contributed by atoms with Gasteiger partial charge in [-0.1, -0.05) is 54.6 Å². The van der Waals surface area contributed by atoms with Crippen LogP contribution in [0.1, 0.15) is 17.0 Å². The van der Waals surface area contributed by atoms with E-state index in [0.29, 0.717) is 12.2 Å². The average molecular weight is 329 g/mol. The fourth-order valence-corrected chi connectivity index (χ4v) is 3.21. The van der Waals surface area contributed by atoms with E-state index >= 15 is 0 Å². The molecule has 0 saturated heterocycles. The van der Waals surface area contributed by atoms with Crippen molar-refractivity contribution < 1.29 is 4.79 Å². The molecule has 1 aromatic heterocycles. The molecule has 4 heteroatoms. The summed E-state index contributed by atoms with van der Waals surface area (Å²) in [7, 11) is 0. The first-order valence-corrected chi connectivity index (χ1v) is 8.42. The normalized spacial score (nSPS) is 16.1. The zero-order valence-corrected chi connectivity index (χ0v) is 13.8. The van der Waals surface area contributed by atoms with Crippen molar-refractivity contribution in [1.82, 2.24) is 10.3 Å². The van der Waals surface area contributed by atoms with Gasteiger partial charge in [0.25, 0.3) is 0 Å². The van der Waals surface area contributed by atoms with E-state index in [1.54, 1.807) is 6.20 Å². The third-order valence-corrected chi connectivity index (χ3v) is 4.51. The van der Waals surface area contributed by atoms with Gasteiger partial charge in [-0.15, -0.1) is 0 Å². The number of carbonyl (C=O) groups is 1. The number of benzene rings is 2. The highest BCUT2D eigenvalue weighted by molar-refractivity contribution is 5.96. The second kappa shape index (κ2) is 6.87. The van der Waals surface area contributed by atoms with Gasteiger partial charge in [-0.25, -0.2) is 0 Å². The van der Waals surface area contributed by atoms with Gasteiger partial charge < -0.3 is 10.6 Å². The van der Waals surface area contributed by atoms with E-state index in [4.69, 9.17) is 0 Å². The Balaban J connectivity index is 1.50. The minimum Gasteiger partial charge on any atom is -0.324 e. The Kier molecular flexibility index (Phi) is 4.27. The summed E-state index contributed by atoms with van der Waals surface area (Å²) < 4.78 is 0. The summed E-state index contributed by atoms with van der Waals surface area (Å²) in [5.74, 6) is -0.187. The summed E-state index contributed by atoms with van der Waals surface area (Å²) in [6.07, 6.45) is 1.71. The van der Waals surface area contributed by atoms with Crippen LogP contribution in [0, 0.1) is 0 Å². The van der Waals surface area contributed by atoms with Gasteiger partial charge in [0.1, 0.15) is 0 Å². The first-order valence-electron chi connectivity index (χ1n) is 8.42. The number of fused-ring (bicyclic) bond motifs is 1. The Morgan fingerprint density at radius 3 is 2.60 bits per heavy atom. The molecule has 1 aliphatic rings. The number of pyridine rings is 1. The van der Waals surface area contributed by atoms with Crippen molar-refractivity contribution in [2.75, 3.05) is 11.9 Å². The molecule has 0 fully saturated rings. The number of nitrogens with one attached hydrogen (secondary N) is 2. The fourth-order valence-electron chi connectivity index (χ4n) is 3.21. The zero-order chi connectivity index (χ0) is 17.1. The first kappa shape index (κ1) is 15.5. The summed E-state index contributed by atoms with van der Waals surface area (Å²) in [6, 6.07) is 21.9. The first-order chi connectivity index (χ1) is 12.3. The molecule has 2 aromatic carbocycles. The molecule has 0 radical (unpaired) electrons. The summed E-state index contributed by atoms with van der Waals surface area (Å²) in [4.78, 5) is 17.2. The van der Waals surface area contributed by atoms with Crippen LogP contribution in [0.25, 0.3) is 11.3 Å². The number of anilines is 1. The minimum absolute atomic E-state index is 0.00564. The maximum atomic E-state index is 12.7. The second-order valence-electron chi connectivity index (χ2n) is 6.17. The number of amides is 1. The average Bonchev–Trinajstić information content (AvgIpc) is 2.69. The van der Waals surface area contributed by atoms with Crippen molar-refractivity contribution in [3.05, 3.63) is 84.1 Å². The molecule has 0 saturated carbocycles. The SMILES string of the molecule is O=C(Nc1ccc(-c2ccccc2)nc1)C1CNCc2ccccc21. The van der Waals surface area contributed by atoms with Crippen LogP contribution < -0.4 is 10.6 Å². The maximum absolute atomic E-state index is 12.7. The summed E-state index contributed by atoms with van der Waals surface area (Å²) >= 11 is 0. The fraction of sp³-hybridized carbons (Fsp3) is 0.143. The van der Waals surface area contributed by atoms with Crippen LogP contribution in [0.15, 0.2) is 72.9 Å². The monoisotopic (exact) mass is 329 g/mol. The number of aromatic nitrogens is 1. The predicted octanol–water partition coefficient (Wildman–Crippen LogP) is 3.57. The largest absolute Gasteiger partial charge is 0.324 e. The molecule has 2 heterocycles. The molecule has 0 aliphatic carbocycles. The van der Waals surface area contributed by atoms with Crippen molar-refractivity contribution in [1.29, 1.82) is 0 Å². The van der Waals surface area contributed by atoms with Crippen molar-refractivity contribution in [3.63, 3.8) is 0 Å². The van der Waals surface area contributed by atoms with Crippen molar-refractivity contribution in [2.45, 2.75) is 12.5 Å². The highest BCUT2D eigenvalue weighted by atomic mass is 16.1. The second-order valence-corrected chi connectivity index (χ2v) is 6.17. The molecule has 4 nitrogen and oxygen atoms in total. The Morgan fingerprint density at radius 1 is 1.00 bits per heavy atom. The van der Waals surface area contributed by atoms with Crippen molar-refractivity contribution in [3.8, 4) is 11.3 Å². The zero-order valence-electron chi connectivity index (χ0n) is 13.8. The van der Waals surface area contributed by atoms with Gasteiger partial charge in [0.05, 0.1) is 23.5 Å². The molecule has 124 valence electrons. The molecule has 1 unspecified atom stereocenters. The molecule has 1 amide bonds. The standard InChI is InChI=1S/C21H19N3O/c25-21(19-14-22-12-16-8-4-5-9-18(16)19)24-17-10-11-20(23-13-17)15-6-2-1-3-7-15/h1-11,13,19,22H,12,14H2,(H,24,25). The van der Waals surface area contributed by atoms with Gasteiger partial charge in [0, 0.05) is 18.7 Å². The van der Waals surface area contributed by atoms with Crippen LogP contribution in [0.3, 0.4) is 0 Å². The lowest BCUT2D eigenvalue weighted by atomic mass is 9.90. The molecule has 2 N–H and O–H groups in total. The smallest absolute Gasteiger partial charge is 0.233 e. The van der Waals surface area contributed by atoms with Gasteiger partial charge >= 0.3 is 0 Å². The van der Waals surface area contributed by atoms with Crippen molar-refractivity contribution >= 4 is 11.6 Å². The van der Waals surface area contributed by atoms with Gasteiger partial charge in [-0.2, -0.15) is 0 Å². The summed E-state index contributed by atoms with van der Waals surface area (Å²) in [6.45, 7) is 1.46. The number of rotatable bonds is 3. The molecule has 25 heavy (non-hydrogen) atoms. The van der Waals surface area contributed by atoms with E-state index in [0.717, 1.165) is 23.4 Å². The Bertz CT molecular complexity index is 875. The Morgan fingerprint density at radius 2 is 1.80 bits per heavy atom. The molecule has 0 bridgehead atoms. The summed E-state index contributed by atoms with van der Waals surface area (Å²) in [5.41, 5.74) is 4.96. The van der Waals surface area contributed by atoms with Gasteiger partial charge in [0.2, 0.25) is 5.91 Å². The van der Waals surface area contributed by atoms with E-state index in [2.05, 4.69) is 21.7 Å². The van der Waals surface area contributed by atoms with Crippen molar-refractivity contribution in [2.24, 2.45) is 0 Å². The molecular weight excluding hydrogens is 310 g/mol. The highest BCUT2D eigenvalue weighted by Gasteiger charge is 2.26. The Hall–Kier alpha value is -2.98. The van der Waals surface area contributed by atoms with Crippen LogP contribution in [0.4, 0.5) is 5.69 Å². The van der Waals surface area contributed by atoms with Gasteiger partial charge in [-0.3, -0.25) is 9.78 Å². The molecule has 1 aliphatic heterocycles. The van der Waals surface area contributed by atoms with E-state index in [1.807, 2.05) is 60.7 Å². The van der Waals surface area contributed by atoms with Crippen LogP contribution in [-0.4, -0.2) is 17.4 Å². The minimum atomic E-state index is -0.182. The van der Waals surface area contributed by atoms with E-state index in [1.165, 1.54) is 5.56 Å². The topological polar surface area (TPSA) is 54.0 Å². The quantitative estimate of drug-likeness (QED) is 0.772. The number of nitrogens with zero attached hydrogens (tertiary/aromatic N) is 1. The Labute approximate surface area is 146 Å². The predicted molar refractivity (Wildman–Crippen MR) is 99.2 cm³/mol. The lowest BCUT2D eigenvalue weighted by Crippen LogP contribution is -2.35. The summed E-state index contributed by atoms with van der Waals surface area (Å²) in [5, 5.41) is 6.30. The van der Waals surface area contributed by atoms with Gasteiger partial charge in [-0.05, 0) is 23.3 Å². The van der Waals surface area contributed by atoms with Crippen LogP contribution in [0.2, 0.25) is 0 Å². The third-order valence-electron chi connectivity index (χ3n) is 4.51. The highest BCUT2D eigenvalue weighted by Crippen LogP contribution is 2.25. The van der Waals surface area contributed by atoms with E-state index in [-0.39, 0.29) is 11.8 Å². The third kappa shape index (κ3) is 3.30. The lowest BCUT2D eigenvalue weighted by molar-refractivity contribution is -0.117. The molecule has 4 rings (SSSR count). The molecule has 0 spiro atoms. The molecule has 3 aromatic rings. The van der Waals surface area contributed by atoms with Gasteiger partial charge in [0.15, 0.2) is 0 Å². The lowest BCUT2D eigenvalue weighted by Gasteiger charge is -2.25. The maximum Gasteiger partial charge on any atom is 0.233 e. The van der Waals surface area contributed by atoms with E-state index < -0.39 is 0 Å². The van der Waals surface area contributed by atoms with E-state index in [9.17, 15) is 4.79 Å². The van der Waals surface area contributed by atoms with Crippen LogP contribution in [-0.2, 0) is 11.3 Å². The number of carbonyl (C=O) groups excluding carboxylic acids is 1. The molecule has 1 atom stereocenters.